The Labute approximate surface area is 154 Å². The van der Waals surface area contributed by atoms with Gasteiger partial charge in [-0.1, -0.05) is 24.3 Å². The van der Waals surface area contributed by atoms with Crippen LogP contribution in [0.25, 0.3) is 0 Å². The lowest BCUT2D eigenvalue weighted by molar-refractivity contribution is 0.0727. The molecule has 1 N–H and O–H groups in total. The largest absolute Gasteiger partial charge is 0.422 e. The van der Waals surface area contributed by atoms with Gasteiger partial charge in [0, 0.05) is 23.7 Å². The van der Waals surface area contributed by atoms with Crippen LogP contribution in [0.2, 0.25) is 0 Å². The standard InChI is InChI=1S/C19H16N2O4S/c1-24-11-17-21-16(12-26-17)19(23)25-15-9-5-6-13(10-15)18(22)20-14-7-3-2-4-8-14/h2-10,12H,11H2,1H3,(H,20,22). The first-order valence-corrected chi connectivity index (χ1v) is 8.65. The molecule has 2 aromatic carbocycles. The first-order chi connectivity index (χ1) is 12.7. The van der Waals surface area contributed by atoms with E-state index < -0.39 is 5.97 Å². The van der Waals surface area contributed by atoms with Crippen molar-refractivity contribution in [3.8, 4) is 5.75 Å². The van der Waals surface area contributed by atoms with E-state index in [0.717, 1.165) is 0 Å². The van der Waals surface area contributed by atoms with Crippen LogP contribution < -0.4 is 10.1 Å². The second kappa shape index (κ2) is 8.37. The third-order valence-electron chi connectivity index (χ3n) is 3.37. The van der Waals surface area contributed by atoms with Crippen LogP contribution >= 0.6 is 11.3 Å². The smallest absolute Gasteiger partial charge is 0.363 e. The molecule has 132 valence electrons. The Morgan fingerprint density at radius 3 is 2.69 bits per heavy atom. The number of para-hydroxylation sites is 1. The van der Waals surface area contributed by atoms with Gasteiger partial charge in [-0.05, 0) is 30.3 Å². The molecule has 0 aliphatic heterocycles. The molecule has 3 aromatic rings. The maximum atomic E-state index is 12.3. The summed E-state index contributed by atoms with van der Waals surface area (Å²) < 4.78 is 10.3. The minimum Gasteiger partial charge on any atom is -0.422 e. The number of aromatic nitrogens is 1. The Morgan fingerprint density at radius 1 is 1.12 bits per heavy atom. The maximum Gasteiger partial charge on any atom is 0.363 e. The van der Waals surface area contributed by atoms with Crippen molar-refractivity contribution in [1.82, 2.24) is 4.98 Å². The molecule has 1 aromatic heterocycles. The number of anilines is 1. The highest BCUT2D eigenvalue weighted by Gasteiger charge is 2.14. The van der Waals surface area contributed by atoms with Crippen LogP contribution in [0.4, 0.5) is 5.69 Å². The number of ether oxygens (including phenoxy) is 2. The lowest BCUT2D eigenvalue weighted by atomic mass is 10.2. The van der Waals surface area contributed by atoms with Crippen LogP contribution in [0.15, 0.2) is 60.0 Å². The molecule has 7 heteroatoms. The molecule has 26 heavy (non-hydrogen) atoms. The number of amides is 1. The highest BCUT2D eigenvalue weighted by molar-refractivity contribution is 7.09. The molecule has 0 radical (unpaired) electrons. The van der Waals surface area contributed by atoms with Gasteiger partial charge in [-0.25, -0.2) is 9.78 Å². The SMILES string of the molecule is COCc1nc(C(=O)Oc2cccc(C(=O)Nc3ccccc3)c2)cs1. The van der Waals surface area contributed by atoms with Crippen molar-refractivity contribution in [3.05, 3.63) is 76.2 Å². The molecule has 0 aliphatic carbocycles. The minimum absolute atomic E-state index is 0.209. The quantitative estimate of drug-likeness (QED) is 0.529. The van der Waals surface area contributed by atoms with Crippen LogP contribution in [-0.4, -0.2) is 24.0 Å². The van der Waals surface area contributed by atoms with Crippen LogP contribution in [-0.2, 0) is 11.3 Å². The predicted molar refractivity (Wildman–Crippen MR) is 98.6 cm³/mol. The summed E-state index contributed by atoms with van der Waals surface area (Å²) in [6.45, 7) is 0.340. The molecular formula is C19H16N2O4S. The van der Waals surface area contributed by atoms with E-state index in [1.807, 2.05) is 18.2 Å². The molecule has 0 saturated heterocycles. The summed E-state index contributed by atoms with van der Waals surface area (Å²) >= 11 is 1.32. The number of carbonyl (C=O) groups excluding carboxylic acids is 2. The van der Waals surface area contributed by atoms with Gasteiger partial charge in [-0.15, -0.1) is 11.3 Å². The summed E-state index contributed by atoms with van der Waals surface area (Å²) in [5.41, 5.74) is 1.28. The maximum absolute atomic E-state index is 12.3. The third kappa shape index (κ3) is 4.53. The van der Waals surface area contributed by atoms with Gasteiger partial charge >= 0.3 is 5.97 Å². The fourth-order valence-corrected chi connectivity index (χ4v) is 2.91. The van der Waals surface area contributed by atoms with E-state index in [1.54, 1.807) is 42.8 Å². The number of benzene rings is 2. The van der Waals surface area contributed by atoms with Gasteiger partial charge in [0.15, 0.2) is 5.69 Å². The highest BCUT2D eigenvalue weighted by Crippen LogP contribution is 2.18. The summed E-state index contributed by atoms with van der Waals surface area (Å²) in [6, 6.07) is 15.5. The van der Waals surface area contributed by atoms with Gasteiger partial charge in [0.05, 0.1) is 6.61 Å². The number of hydrogen-bond donors (Lipinski definition) is 1. The van der Waals surface area contributed by atoms with Gasteiger partial charge < -0.3 is 14.8 Å². The number of thiazole rings is 1. The van der Waals surface area contributed by atoms with E-state index in [9.17, 15) is 9.59 Å². The highest BCUT2D eigenvalue weighted by atomic mass is 32.1. The Hall–Kier alpha value is -3.03. The zero-order chi connectivity index (χ0) is 18.4. The molecule has 6 nitrogen and oxygen atoms in total. The predicted octanol–water partition coefficient (Wildman–Crippen LogP) is 3.76. The van der Waals surface area contributed by atoms with Crippen molar-refractivity contribution in [2.75, 3.05) is 12.4 Å². The monoisotopic (exact) mass is 368 g/mol. The van der Waals surface area contributed by atoms with Crippen LogP contribution in [0.5, 0.6) is 5.75 Å². The van der Waals surface area contributed by atoms with Gasteiger partial charge in [-0.3, -0.25) is 4.79 Å². The van der Waals surface area contributed by atoms with Crippen molar-refractivity contribution in [1.29, 1.82) is 0 Å². The molecule has 0 aliphatic rings. The third-order valence-corrected chi connectivity index (χ3v) is 4.19. The molecule has 1 amide bonds. The zero-order valence-electron chi connectivity index (χ0n) is 14.0. The molecule has 0 saturated carbocycles. The summed E-state index contributed by atoms with van der Waals surface area (Å²) in [5.74, 6) is -0.591. The summed E-state index contributed by atoms with van der Waals surface area (Å²) in [7, 11) is 1.56. The molecular weight excluding hydrogens is 352 g/mol. The molecule has 0 bridgehead atoms. The Balaban J connectivity index is 1.68. The normalized spacial score (nSPS) is 10.3. The van der Waals surface area contributed by atoms with Crippen LogP contribution in [0.3, 0.4) is 0 Å². The fraction of sp³-hybridized carbons (Fsp3) is 0.105. The zero-order valence-corrected chi connectivity index (χ0v) is 14.8. The van der Waals surface area contributed by atoms with E-state index >= 15 is 0 Å². The number of methoxy groups -OCH3 is 1. The fourth-order valence-electron chi connectivity index (χ4n) is 2.18. The van der Waals surface area contributed by atoms with E-state index in [4.69, 9.17) is 9.47 Å². The van der Waals surface area contributed by atoms with Crippen molar-refractivity contribution >= 4 is 28.9 Å². The summed E-state index contributed by atoms with van der Waals surface area (Å²) in [5, 5.41) is 5.09. The first-order valence-electron chi connectivity index (χ1n) is 7.77. The summed E-state index contributed by atoms with van der Waals surface area (Å²) in [4.78, 5) is 28.7. The summed E-state index contributed by atoms with van der Waals surface area (Å²) in [6.07, 6.45) is 0. The number of esters is 1. The van der Waals surface area contributed by atoms with Gasteiger partial charge in [-0.2, -0.15) is 0 Å². The molecule has 1 heterocycles. The lowest BCUT2D eigenvalue weighted by Gasteiger charge is -2.07. The Morgan fingerprint density at radius 2 is 1.92 bits per heavy atom. The van der Waals surface area contributed by atoms with Crippen molar-refractivity contribution in [3.63, 3.8) is 0 Å². The molecule has 0 spiro atoms. The topological polar surface area (TPSA) is 77.5 Å². The average molecular weight is 368 g/mol. The van der Waals surface area contributed by atoms with Gasteiger partial charge in [0.25, 0.3) is 5.91 Å². The van der Waals surface area contributed by atoms with Crippen LogP contribution in [0.1, 0.15) is 25.9 Å². The number of nitrogens with one attached hydrogen (secondary N) is 1. The van der Waals surface area contributed by atoms with Gasteiger partial charge in [0.1, 0.15) is 10.8 Å². The molecule has 3 rings (SSSR count). The van der Waals surface area contributed by atoms with E-state index in [1.165, 1.54) is 17.4 Å². The van der Waals surface area contributed by atoms with Crippen molar-refractivity contribution in [2.24, 2.45) is 0 Å². The lowest BCUT2D eigenvalue weighted by Crippen LogP contribution is -2.13. The van der Waals surface area contributed by atoms with E-state index in [-0.39, 0.29) is 17.4 Å². The van der Waals surface area contributed by atoms with Crippen molar-refractivity contribution < 1.29 is 19.1 Å². The van der Waals surface area contributed by atoms with E-state index in [0.29, 0.717) is 22.9 Å². The second-order valence-electron chi connectivity index (χ2n) is 5.30. The Bertz CT molecular complexity index is 909. The second-order valence-corrected chi connectivity index (χ2v) is 6.24. The number of hydrogen-bond acceptors (Lipinski definition) is 6. The Kier molecular flexibility index (Phi) is 5.73. The van der Waals surface area contributed by atoms with Gasteiger partial charge in [0.2, 0.25) is 0 Å². The number of rotatable bonds is 6. The average Bonchev–Trinajstić information content (AvgIpc) is 3.12. The van der Waals surface area contributed by atoms with Crippen molar-refractivity contribution in [2.45, 2.75) is 6.61 Å². The molecule has 0 unspecified atom stereocenters. The molecule has 0 fully saturated rings. The number of nitrogens with zero attached hydrogens (tertiary/aromatic N) is 1. The number of carbonyl (C=O) groups is 2. The van der Waals surface area contributed by atoms with Crippen LogP contribution in [0, 0.1) is 0 Å². The first kappa shape index (κ1) is 17.8. The minimum atomic E-state index is -0.579. The van der Waals surface area contributed by atoms with E-state index in [2.05, 4.69) is 10.3 Å². The molecule has 0 atom stereocenters.